The molecule has 0 bridgehead atoms. The summed E-state index contributed by atoms with van der Waals surface area (Å²) < 4.78 is 5.78. The Morgan fingerprint density at radius 3 is 1.86 bits per heavy atom. The lowest BCUT2D eigenvalue weighted by Crippen LogP contribution is -2.42. The van der Waals surface area contributed by atoms with Crippen LogP contribution < -0.4 is 9.80 Å². The molecule has 8 heterocycles. The number of halogens is 1. The van der Waals surface area contributed by atoms with E-state index in [0.29, 0.717) is 35.4 Å². The van der Waals surface area contributed by atoms with E-state index in [4.69, 9.17) is 27.1 Å². The summed E-state index contributed by atoms with van der Waals surface area (Å²) in [7, 11) is 0. The standard InChI is InChI=1S/C19H21N9.C14H17ClN6.C5H5N3/c1-2-15-18-25-23-12-27(18)16-9-21-19(26-10-13(7-8-20)22-11-26)24-17(16)28(15)14-5-3-4-6-14;1-2-10-13-19-17-8-20(13)11-7-16-14(15)18-12(11)21(10)9-5-3-4-6-9;6-2-1-5-3-7-4-8-5/h9-12,14-15H,2-7H2,1H3;7-10H,2-6H2,1H3;3-4H,1H2,(H,7,8)/t15-;10-;/m11./s1. The molecule has 0 unspecified atom stereocenters. The van der Waals surface area contributed by atoms with Crippen LogP contribution in [0, 0.1) is 22.7 Å². The number of nitrogens with zero attached hydrogens (tertiary/aromatic N) is 17. The summed E-state index contributed by atoms with van der Waals surface area (Å²) in [4.78, 5) is 33.8. The van der Waals surface area contributed by atoms with Crippen molar-refractivity contribution in [2.75, 3.05) is 9.80 Å². The van der Waals surface area contributed by atoms with E-state index in [-0.39, 0.29) is 18.5 Å². The molecule has 18 nitrogen and oxygen atoms in total. The van der Waals surface area contributed by atoms with E-state index in [1.54, 1.807) is 42.3 Å². The topological polar surface area (TPSA) is 214 Å². The zero-order valence-electron chi connectivity index (χ0n) is 31.9. The van der Waals surface area contributed by atoms with Gasteiger partial charge in [-0.2, -0.15) is 20.5 Å². The Morgan fingerprint density at radius 1 is 0.737 bits per heavy atom. The molecule has 292 valence electrons. The Bertz CT molecular complexity index is 2350. The molecule has 2 fully saturated rings. The smallest absolute Gasteiger partial charge is 0.236 e. The SMILES string of the molecule is CC[C@@H]1c2nncn2-c2cnc(-n3cnc(CC#N)c3)nc2N1C1CCCC1.CC[C@@H]1c2nncn2-c2cnc(Cl)nc2N1C1CCCC1.N#CCc1cnc[nH]1. The number of nitriles is 2. The third kappa shape index (κ3) is 7.40. The number of anilines is 2. The number of aromatic nitrogens is 14. The highest BCUT2D eigenvalue weighted by atomic mass is 35.5. The number of H-pyrrole nitrogens is 1. The molecule has 2 aliphatic carbocycles. The van der Waals surface area contributed by atoms with Gasteiger partial charge in [-0.25, -0.2) is 19.9 Å². The summed E-state index contributed by atoms with van der Waals surface area (Å²) in [5, 5.41) is 34.3. The van der Waals surface area contributed by atoms with Crippen molar-refractivity contribution >= 4 is 23.2 Å². The number of imidazole rings is 2. The summed E-state index contributed by atoms with van der Waals surface area (Å²) in [6.45, 7) is 4.36. The molecule has 0 amide bonds. The second-order valence-corrected chi connectivity index (χ2v) is 14.7. The number of hydrogen-bond acceptors (Lipinski definition) is 14. The molecule has 0 aromatic carbocycles. The maximum absolute atomic E-state index is 8.89. The fourth-order valence-electron chi connectivity index (χ4n) is 8.49. The summed E-state index contributed by atoms with van der Waals surface area (Å²) in [6, 6.07) is 5.43. The van der Waals surface area contributed by atoms with Crippen LogP contribution in [-0.2, 0) is 12.8 Å². The highest BCUT2D eigenvalue weighted by Gasteiger charge is 2.40. The van der Waals surface area contributed by atoms with Crippen molar-refractivity contribution in [3.8, 4) is 29.5 Å². The van der Waals surface area contributed by atoms with Crippen LogP contribution in [-0.4, -0.2) is 81.1 Å². The van der Waals surface area contributed by atoms with Gasteiger partial charge in [-0.1, -0.05) is 39.5 Å². The first kappa shape index (κ1) is 37.6. The molecule has 10 rings (SSSR count). The number of nitrogens with one attached hydrogen (secondary N) is 1. The Hall–Kier alpha value is -6.27. The van der Waals surface area contributed by atoms with Gasteiger partial charge in [0.05, 0.1) is 61.5 Å². The molecule has 2 saturated carbocycles. The number of fused-ring (bicyclic) bond motifs is 6. The van der Waals surface area contributed by atoms with Gasteiger partial charge in [0.1, 0.15) is 30.4 Å². The van der Waals surface area contributed by atoms with Gasteiger partial charge in [-0.3, -0.25) is 13.7 Å². The Labute approximate surface area is 334 Å². The van der Waals surface area contributed by atoms with Crippen molar-refractivity contribution in [1.82, 2.24) is 69.0 Å². The maximum atomic E-state index is 8.89. The van der Waals surface area contributed by atoms with Gasteiger partial charge >= 0.3 is 0 Å². The summed E-state index contributed by atoms with van der Waals surface area (Å²) in [5.41, 5.74) is 3.42. The second kappa shape index (κ2) is 16.8. The van der Waals surface area contributed by atoms with E-state index in [1.807, 2.05) is 27.6 Å². The van der Waals surface area contributed by atoms with Crippen LogP contribution in [0.15, 0.2) is 50.1 Å². The zero-order valence-corrected chi connectivity index (χ0v) is 32.7. The molecule has 0 spiro atoms. The van der Waals surface area contributed by atoms with Crippen molar-refractivity contribution in [3.63, 3.8) is 0 Å². The van der Waals surface area contributed by atoms with Crippen LogP contribution in [0.2, 0.25) is 5.28 Å². The predicted octanol–water partition coefficient (Wildman–Crippen LogP) is 5.92. The molecule has 4 aliphatic rings. The zero-order chi connectivity index (χ0) is 39.3. The molecule has 1 N–H and O–H groups in total. The quantitative estimate of drug-likeness (QED) is 0.186. The van der Waals surface area contributed by atoms with Crippen LogP contribution in [0.25, 0.3) is 17.3 Å². The molecule has 2 aliphatic heterocycles. The molecule has 6 aromatic heterocycles. The van der Waals surface area contributed by atoms with Crippen molar-refractivity contribution in [2.24, 2.45) is 0 Å². The van der Waals surface area contributed by atoms with Crippen molar-refractivity contribution in [3.05, 3.63) is 78.4 Å². The third-order valence-corrected chi connectivity index (χ3v) is 11.2. The van der Waals surface area contributed by atoms with Crippen molar-refractivity contribution < 1.29 is 0 Å². The Balaban J connectivity index is 0.000000137. The highest BCUT2D eigenvalue weighted by molar-refractivity contribution is 6.28. The molecular weight excluding hydrogens is 744 g/mol. The van der Waals surface area contributed by atoms with Crippen LogP contribution in [0.1, 0.15) is 113 Å². The number of hydrogen-bond donors (Lipinski definition) is 1. The molecule has 2 atom stereocenters. The normalized spacial score (nSPS) is 18.3. The van der Waals surface area contributed by atoms with E-state index < -0.39 is 0 Å². The van der Waals surface area contributed by atoms with Gasteiger partial charge in [0.15, 0.2) is 23.3 Å². The summed E-state index contributed by atoms with van der Waals surface area (Å²) in [5.74, 6) is 4.33. The molecule has 0 radical (unpaired) electrons. The van der Waals surface area contributed by atoms with Gasteiger partial charge in [0, 0.05) is 30.2 Å². The molecule has 0 saturated heterocycles. The van der Waals surface area contributed by atoms with Crippen LogP contribution in [0.4, 0.5) is 11.6 Å². The first-order valence-corrected chi connectivity index (χ1v) is 19.9. The molecule has 19 heteroatoms. The summed E-state index contributed by atoms with van der Waals surface area (Å²) >= 11 is 6.05. The number of aromatic amines is 1. The molecular formula is C38H43ClN18. The first-order valence-electron chi connectivity index (χ1n) is 19.5. The van der Waals surface area contributed by atoms with E-state index in [9.17, 15) is 0 Å². The highest BCUT2D eigenvalue weighted by Crippen LogP contribution is 2.44. The fourth-order valence-corrected chi connectivity index (χ4v) is 8.62. The summed E-state index contributed by atoms with van der Waals surface area (Å²) in [6.07, 6.45) is 26.1. The van der Waals surface area contributed by atoms with Gasteiger partial charge in [0.2, 0.25) is 11.2 Å². The second-order valence-electron chi connectivity index (χ2n) is 14.4. The van der Waals surface area contributed by atoms with Gasteiger partial charge < -0.3 is 14.8 Å². The monoisotopic (exact) mass is 786 g/mol. The van der Waals surface area contributed by atoms with Crippen molar-refractivity contribution in [2.45, 2.75) is 115 Å². The van der Waals surface area contributed by atoms with Crippen LogP contribution >= 0.6 is 11.6 Å². The van der Waals surface area contributed by atoms with Gasteiger partial charge in [-0.05, 0) is 50.1 Å². The van der Waals surface area contributed by atoms with E-state index in [2.05, 4.69) is 80.0 Å². The average Bonchev–Trinajstić information content (AvgIpc) is 4.08. The van der Waals surface area contributed by atoms with Crippen LogP contribution in [0.3, 0.4) is 0 Å². The lowest BCUT2D eigenvalue weighted by Gasteiger charge is -2.40. The predicted molar refractivity (Wildman–Crippen MR) is 209 cm³/mol. The van der Waals surface area contributed by atoms with Crippen LogP contribution in [0.5, 0.6) is 0 Å². The molecule has 6 aromatic rings. The van der Waals surface area contributed by atoms with Gasteiger partial charge in [0.25, 0.3) is 0 Å². The minimum absolute atomic E-state index is 0.151. The third-order valence-electron chi connectivity index (χ3n) is 11.0. The van der Waals surface area contributed by atoms with Gasteiger partial charge in [-0.15, -0.1) is 20.4 Å². The van der Waals surface area contributed by atoms with Crippen molar-refractivity contribution in [1.29, 1.82) is 10.5 Å². The number of rotatable bonds is 7. The Morgan fingerprint density at radius 2 is 1.32 bits per heavy atom. The van der Waals surface area contributed by atoms with E-state index >= 15 is 0 Å². The minimum atomic E-state index is 0.151. The molecule has 57 heavy (non-hydrogen) atoms. The largest absolute Gasteiger partial charge is 0.348 e. The average molecular weight is 787 g/mol. The first-order chi connectivity index (χ1) is 28.0. The van der Waals surface area contributed by atoms with E-state index in [0.717, 1.165) is 53.2 Å². The maximum Gasteiger partial charge on any atom is 0.236 e. The lowest BCUT2D eigenvalue weighted by molar-refractivity contribution is 0.468. The lowest BCUT2D eigenvalue weighted by atomic mass is 10.0. The Kier molecular flexibility index (Phi) is 11.1. The van der Waals surface area contributed by atoms with E-state index in [1.165, 1.54) is 51.4 Å². The fraction of sp³-hybridized carbons (Fsp3) is 0.474. The minimum Gasteiger partial charge on any atom is -0.348 e.